The van der Waals surface area contributed by atoms with E-state index in [9.17, 15) is 4.79 Å². The molecule has 0 atom stereocenters. The molecule has 4 heteroatoms. The lowest BCUT2D eigenvalue weighted by Crippen LogP contribution is -2.15. The van der Waals surface area contributed by atoms with Crippen LogP contribution in [-0.4, -0.2) is 22.1 Å². The zero-order valence-corrected chi connectivity index (χ0v) is 10.8. The van der Waals surface area contributed by atoms with Crippen molar-refractivity contribution < 1.29 is 9.53 Å². The zero-order chi connectivity index (χ0) is 13.0. The lowest BCUT2D eigenvalue weighted by atomic mass is 10.3. The highest BCUT2D eigenvalue weighted by Crippen LogP contribution is 2.15. The molecule has 0 saturated heterocycles. The SMILES string of the molecule is CCCCOC(=O)Cn1c(C)nc2ccccc21. The Morgan fingerprint density at radius 2 is 2.17 bits per heavy atom. The molecule has 4 nitrogen and oxygen atoms in total. The topological polar surface area (TPSA) is 44.1 Å². The number of para-hydroxylation sites is 2. The van der Waals surface area contributed by atoms with Gasteiger partial charge in [0.2, 0.25) is 0 Å². The number of unbranched alkanes of at least 4 members (excludes halogenated alkanes) is 1. The van der Waals surface area contributed by atoms with Gasteiger partial charge in [-0.05, 0) is 25.5 Å². The molecule has 0 aliphatic rings. The van der Waals surface area contributed by atoms with E-state index in [4.69, 9.17) is 4.74 Å². The average molecular weight is 246 g/mol. The van der Waals surface area contributed by atoms with Gasteiger partial charge in [-0.1, -0.05) is 25.5 Å². The van der Waals surface area contributed by atoms with Crippen molar-refractivity contribution in [2.75, 3.05) is 6.61 Å². The third kappa shape index (κ3) is 2.70. The molecule has 0 unspecified atom stereocenters. The van der Waals surface area contributed by atoms with E-state index in [1.807, 2.05) is 35.8 Å². The minimum absolute atomic E-state index is 0.199. The van der Waals surface area contributed by atoms with Crippen LogP contribution in [0.2, 0.25) is 0 Å². The van der Waals surface area contributed by atoms with Crippen LogP contribution in [-0.2, 0) is 16.1 Å². The lowest BCUT2D eigenvalue weighted by Gasteiger charge is -2.07. The first-order valence-electron chi connectivity index (χ1n) is 6.30. The van der Waals surface area contributed by atoms with E-state index < -0.39 is 0 Å². The molecule has 1 aromatic heterocycles. The summed E-state index contributed by atoms with van der Waals surface area (Å²) in [6, 6.07) is 7.80. The molecule has 0 saturated carbocycles. The van der Waals surface area contributed by atoms with Crippen molar-refractivity contribution in [3.05, 3.63) is 30.1 Å². The molecular formula is C14H18N2O2. The third-order valence-electron chi connectivity index (χ3n) is 2.89. The van der Waals surface area contributed by atoms with Crippen LogP contribution in [0.5, 0.6) is 0 Å². The number of imidazole rings is 1. The third-order valence-corrected chi connectivity index (χ3v) is 2.89. The van der Waals surface area contributed by atoms with Crippen LogP contribution in [0, 0.1) is 6.92 Å². The van der Waals surface area contributed by atoms with Crippen molar-refractivity contribution >= 4 is 17.0 Å². The summed E-state index contributed by atoms with van der Waals surface area (Å²) in [6.07, 6.45) is 1.94. The first-order chi connectivity index (χ1) is 8.72. The van der Waals surface area contributed by atoms with Gasteiger partial charge >= 0.3 is 5.97 Å². The maximum Gasteiger partial charge on any atom is 0.326 e. The van der Waals surface area contributed by atoms with Crippen LogP contribution < -0.4 is 0 Å². The van der Waals surface area contributed by atoms with E-state index in [1.54, 1.807) is 0 Å². The monoisotopic (exact) mass is 246 g/mol. The van der Waals surface area contributed by atoms with Crippen LogP contribution >= 0.6 is 0 Å². The van der Waals surface area contributed by atoms with Gasteiger partial charge in [-0.25, -0.2) is 4.98 Å². The van der Waals surface area contributed by atoms with E-state index in [-0.39, 0.29) is 12.5 Å². The molecular weight excluding hydrogens is 228 g/mol. The van der Waals surface area contributed by atoms with Gasteiger partial charge in [-0.15, -0.1) is 0 Å². The molecule has 0 aliphatic carbocycles. The van der Waals surface area contributed by atoms with E-state index in [1.165, 1.54) is 0 Å². The quantitative estimate of drug-likeness (QED) is 0.602. The molecule has 0 bridgehead atoms. The van der Waals surface area contributed by atoms with E-state index >= 15 is 0 Å². The lowest BCUT2D eigenvalue weighted by molar-refractivity contribution is -0.144. The van der Waals surface area contributed by atoms with E-state index in [2.05, 4.69) is 11.9 Å². The number of ether oxygens (including phenoxy) is 1. The van der Waals surface area contributed by atoms with Gasteiger partial charge in [-0.2, -0.15) is 0 Å². The van der Waals surface area contributed by atoms with Crippen LogP contribution in [0.1, 0.15) is 25.6 Å². The van der Waals surface area contributed by atoms with Crippen molar-refractivity contribution in [2.24, 2.45) is 0 Å². The first-order valence-corrected chi connectivity index (χ1v) is 6.30. The second-order valence-corrected chi connectivity index (χ2v) is 4.31. The molecule has 0 amide bonds. The van der Waals surface area contributed by atoms with Gasteiger partial charge < -0.3 is 9.30 Å². The number of hydrogen-bond acceptors (Lipinski definition) is 3. The van der Waals surface area contributed by atoms with E-state index in [0.29, 0.717) is 6.61 Å². The zero-order valence-electron chi connectivity index (χ0n) is 10.8. The summed E-state index contributed by atoms with van der Waals surface area (Å²) in [5.74, 6) is 0.637. The van der Waals surface area contributed by atoms with Crippen molar-refractivity contribution in [1.82, 2.24) is 9.55 Å². The molecule has 18 heavy (non-hydrogen) atoms. The summed E-state index contributed by atoms with van der Waals surface area (Å²) in [5, 5.41) is 0. The first kappa shape index (κ1) is 12.6. The number of hydrogen-bond donors (Lipinski definition) is 0. The fraction of sp³-hybridized carbons (Fsp3) is 0.429. The molecule has 0 N–H and O–H groups in total. The maximum absolute atomic E-state index is 11.7. The van der Waals surface area contributed by atoms with Crippen molar-refractivity contribution in [2.45, 2.75) is 33.2 Å². The summed E-state index contributed by atoms with van der Waals surface area (Å²) < 4.78 is 7.06. The van der Waals surface area contributed by atoms with Crippen LogP contribution in [0.4, 0.5) is 0 Å². The second kappa shape index (κ2) is 5.67. The van der Waals surface area contributed by atoms with Gasteiger partial charge in [0.15, 0.2) is 0 Å². The minimum Gasteiger partial charge on any atom is -0.464 e. The highest BCUT2D eigenvalue weighted by Gasteiger charge is 2.11. The van der Waals surface area contributed by atoms with Crippen LogP contribution in [0.3, 0.4) is 0 Å². The molecule has 96 valence electrons. The Morgan fingerprint density at radius 3 is 2.94 bits per heavy atom. The van der Waals surface area contributed by atoms with Gasteiger partial charge in [0.05, 0.1) is 17.6 Å². The Labute approximate surface area is 107 Å². The fourth-order valence-electron chi connectivity index (χ4n) is 1.90. The fourth-order valence-corrected chi connectivity index (χ4v) is 1.90. The second-order valence-electron chi connectivity index (χ2n) is 4.31. The average Bonchev–Trinajstić information content (AvgIpc) is 2.67. The largest absolute Gasteiger partial charge is 0.464 e. The Kier molecular flexibility index (Phi) is 3.97. The van der Waals surface area contributed by atoms with Gasteiger partial charge in [-0.3, -0.25) is 4.79 Å². The summed E-state index contributed by atoms with van der Waals surface area (Å²) >= 11 is 0. The Balaban J connectivity index is 2.11. The summed E-state index contributed by atoms with van der Waals surface area (Å²) in [4.78, 5) is 16.1. The number of esters is 1. The minimum atomic E-state index is -0.199. The van der Waals surface area contributed by atoms with Gasteiger partial charge in [0.1, 0.15) is 12.4 Å². The summed E-state index contributed by atoms with van der Waals surface area (Å²) in [6.45, 7) is 4.71. The Morgan fingerprint density at radius 1 is 1.39 bits per heavy atom. The Bertz CT molecular complexity index is 546. The standard InChI is InChI=1S/C14H18N2O2/c1-3-4-9-18-14(17)10-16-11(2)15-12-7-5-6-8-13(12)16/h5-8H,3-4,9-10H2,1-2H3. The molecule has 0 radical (unpaired) electrons. The maximum atomic E-state index is 11.7. The number of carbonyl (C=O) groups excluding carboxylic acids is 1. The molecule has 0 fully saturated rings. The number of aromatic nitrogens is 2. The Hall–Kier alpha value is -1.84. The van der Waals surface area contributed by atoms with Gasteiger partial charge in [0.25, 0.3) is 0 Å². The number of benzene rings is 1. The van der Waals surface area contributed by atoms with Crippen molar-refractivity contribution in [3.8, 4) is 0 Å². The van der Waals surface area contributed by atoms with Gasteiger partial charge in [0, 0.05) is 0 Å². The number of carbonyl (C=O) groups is 1. The highest BCUT2D eigenvalue weighted by molar-refractivity contribution is 5.78. The molecule has 1 aromatic carbocycles. The predicted molar refractivity (Wildman–Crippen MR) is 70.3 cm³/mol. The highest BCUT2D eigenvalue weighted by atomic mass is 16.5. The number of aryl methyl sites for hydroxylation is 1. The normalized spacial score (nSPS) is 10.8. The molecule has 0 spiro atoms. The number of rotatable bonds is 5. The smallest absolute Gasteiger partial charge is 0.326 e. The van der Waals surface area contributed by atoms with Crippen molar-refractivity contribution in [3.63, 3.8) is 0 Å². The molecule has 2 rings (SSSR count). The van der Waals surface area contributed by atoms with E-state index in [0.717, 1.165) is 29.7 Å². The molecule has 0 aliphatic heterocycles. The molecule has 2 aromatic rings. The summed E-state index contributed by atoms with van der Waals surface area (Å²) in [5.41, 5.74) is 1.89. The predicted octanol–water partition coefficient (Wildman–Crippen LogP) is 2.69. The van der Waals surface area contributed by atoms with Crippen LogP contribution in [0.25, 0.3) is 11.0 Å². The number of fused-ring (bicyclic) bond motifs is 1. The van der Waals surface area contributed by atoms with Crippen LogP contribution in [0.15, 0.2) is 24.3 Å². The summed E-state index contributed by atoms with van der Waals surface area (Å²) in [7, 11) is 0. The van der Waals surface area contributed by atoms with Crippen molar-refractivity contribution in [1.29, 1.82) is 0 Å². The number of nitrogens with zero attached hydrogens (tertiary/aromatic N) is 2. The molecule has 1 heterocycles.